The number of piperazine rings is 1. The zero-order valence-electron chi connectivity index (χ0n) is 21.6. The molecule has 192 valence electrons. The van der Waals surface area contributed by atoms with Crippen molar-refractivity contribution in [3.05, 3.63) is 29.3 Å². The first-order chi connectivity index (χ1) is 15.7. The Kier molecular flexibility index (Phi) is 9.95. The van der Waals surface area contributed by atoms with Gasteiger partial charge in [-0.2, -0.15) is 0 Å². The summed E-state index contributed by atoms with van der Waals surface area (Å²) in [5.74, 6) is -0.383. The molecule has 8 heteroatoms. The van der Waals surface area contributed by atoms with Crippen LogP contribution in [0.5, 0.6) is 0 Å². The van der Waals surface area contributed by atoms with Gasteiger partial charge in [0, 0.05) is 37.1 Å². The minimum Gasteiger partial charge on any atom is -0.391 e. The summed E-state index contributed by atoms with van der Waals surface area (Å²) in [6, 6.07) is 6.76. The molecule has 0 radical (unpaired) electrons. The molecule has 1 heterocycles. The van der Waals surface area contributed by atoms with Crippen LogP contribution in [0.15, 0.2) is 24.3 Å². The second-order valence-electron chi connectivity index (χ2n) is 11.4. The maximum absolute atomic E-state index is 13.0. The SMILES string of the molecule is CCC[C@H](C[C@H](O)[C@@H](N)CN1CC(=O)N(c2ccccc2Cl)CC1(C)C)C(=O)NCC(C)(C)C. The summed E-state index contributed by atoms with van der Waals surface area (Å²) < 4.78 is 0. The number of anilines is 1. The van der Waals surface area contributed by atoms with E-state index in [4.69, 9.17) is 17.3 Å². The van der Waals surface area contributed by atoms with Gasteiger partial charge in [0.25, 0.3) is 0 Å². The molecule has 1 fully saturated rings. The van der Waals surface area contributed by atoms with Crippen LogP contribution < -0.4 is 16.0 Å². The molecule has 4 N–H and O–H groups in total. The third-order valence-corrected chi connectivity index (χ3v) is 6.74. The minimum atomic E-state index is -0.843. The van der Waals surface area contributed by atoms with Gasteiger partial charge in [0.1, 0.15) is 0 Å². The summed E-state index contributed by atoms with van der Waals surface area (Å²) in [7, 11) is 0. The van der Waals surface area contributed by atoms with Crippen molar-refractivity contribution >= 4 is 29.1 Å². The Morgan fingerprint density at radius 3 is 2.53 bits per heavy atom. The molecule has 0 aliphatic carbocycles. The monoisotopic (exact) mass is 494 g/mol. The summed E-state index contributed by atoms with van der Waals surface area (Å²) in [4.78, 5) is 29.4. The van der Waals surface area contributed by atoms with Crippen LogP contribution in [0.4, 0.5) is 5.69 Å². The molecule has 1 saturated heterocycles. The lowest BCUT2D eigenvalue weighted by Crippen LogP contribution is -2.64. The van der Waals surface area contributed by atoms with Crippen molar-refractivity contribution in [1.82, 2.24) is 10.2 Å². The normalized spacial score (nSPS) is 19.6. The maximum Gasteiger partial charge on any atom is 0.241 e. The van der Waals surface area contributed by atoms with Crippen molar-refractivity contribution in [3.63, 3.8) is 0 Å². The number of carbonyl (C=O) groups excluding carboxylic acids is 2. The summed E-state index contributed by atoms with van der Waals surface area (Å²) in [5, 5.41) is 14.4. The number of amides is 2. The van der Waals surface area contributed by atoms with Crippen molar-refractivity contribution in [2.75, 3.05) is 31.1 Å². The topological polar surface area (TPSA) is 98.9 Å². The van der Waals surface area contributed by atoms with E-state index < -0.39 is 12.1 Å². The van der Waals surface area contributed by atoms with Crippen LogP contribution in [0.2, 0.25) is 5.02 Å². The fraction of sp³-hybridized carbons (Fsp3) is 0.692. The van der Waals surface area contributed by atoms with Crippen molar-refractivity contribution in [2.24, 2.45) is 17.1 Å². The molecule has 1 aliphatic heterocycles. The van der Waals surface area contributed by atoms with Gasteiger partial charge < -0.3 is 21.1 Å². The van der Waals surface area contributed by atoms with Crippen LogP contribution in [-0.2, 0) is 9.59 Å². The highest BCUT2D eigenvalue weighted by atomic mass is 35.5. The summed E-state index contributed by atoms with van der Waals surface area (Å²) in [6.45, 7) is 14.0. The van der Waals surface area contributed by atoms with Gasteiger partial charge in [-0.3, -0.25) is 14.5 Å². The second-order valence-corrected chi connectivity index (χ2v) is 11.8. The molecule has 1 aromatic rings. The number of nitrogens with two attached hydrogens (primary N) is 1. The Morgan fingerprint density at radius 1 is 1.29 bits per heavy atom. The van der Waals surface area contributed by atoms with Gasteiger partial charge in [-0.1, -0.05) is 57.8 Å². The molecule has 34 heavy (non-hydrogen) atoms. The van der Waals surface area contributed by atoms with Crippen LogP contribution in [-0.4, -0.2) is 65.7 Å². The molecule has 0 bridgehead atoms. The highest BCUT2D eigenvalue weighted by Gasteiger charge is 2.40. The number of hydrogen-bond donors (Lipinski definition) is 3. The molecular weight excluding hydrogens is 452 g/mol. The Morgan fingerprint density at radius 2 is 1.94 bits per heavy atom. The summed E-state index contributed by atoms with van der Waals surface area (Å²) >= 11 is 6.33. The van der Waals surface area contributed by atoms with E-state index in [0.717, 1.165) is 6.42 Å². The minimum absolute atomic E-state index is 0.00825. The van der Waals surface area contributed by atoms with E-state index in [2.05, 4.69) is 39.9 Å². The molecule has 0 aromatic heterocycles. The molecule has 1 aromatic carbocycles. The number of rotatable bonds is 10. The van der Waals surface area contributed by atoms with Crippen molar-refractivity contribution < 1.29 is 14.7 Å². The van der Waals surface area contributed by atoms with Gasteiger partial charge in [-0.15, -0.1) is 0 Å². The standard InChI is InChI=1S/C26H43ClN4O3/c1-7-10-18(24(34)29-16-25(2,3)4)13-22(32)20(28)14-30-15-23(33)31(17-26(30,5)6)21-12-9-8-11-19(21)27/h8-9,11-12,18,20,22,32H,7,10,13-17,28H2,1-6H3,(H,29,34)/t18-,20+,22+/m1/s1. The molecule has 2 amide bonds. The molecule has 2 rings (SSSR count). The number of aliphatic hydroxyl groups excluding tert-OH is 1. The maximum atomic E-state index is 13.0. The number of nitrogens with one attached hydrogen (secondary N) is 1. The zero-order valence-corrected chi connectivity index (χ0v) is 22.4. The van der Waals surface area contributed by atoms with Gasteiger partial charge in [0.2, 0.25) is 11.8 Å². The van der Waals surface area contributed by atoms with E-state index in [0.29, 0.717) is 43.2 Å². The van der Waals surface area contributed by atoms with Crippen LogP contribution in [0.25, 0.3) is 0 Å². The second kappa shape index (κ2) is 11.8. The fourth-order valence-corrected chi connectivity index (χ4v) is 4.52. The average molecular weight is 495 g/mol. The van der Waals surface area contributed by atoms with Crippen LogP contribution in [0.3, 0.4) is 0 Å². The van der Waals surface area contributed by atoms with Gasteiger partial charge in [0.15, 0.2) is 0 Å². The molecule has 0 spiro atoms. The van der Waals surface area contributed by atoms with Gasteiger partial charge in [0.05, 0.1) is 23.4 Å². The number of hydrogen-bond acceptors (Lipinski definition) is 5. The Balaban J connectivity index is 2.01. The lowest BCUT2D eigenvalue weighted by atomic mass is 9.90. The van der Waals surface area contributed by atoms with E-state index in [1.807, 2.05) is 30.0 Å². The Labute approximate surface area is 210 Å². The van der Waals surface area contributed by atoms with E-state index in [-0.39, 0.29) is 35.2 Å². The lowest BCUT2D eigenvalue weighted by molar-refractivity contribution is -0.126. The fourth-order valence-electron chi connectivity index (χ4n) is 4.28. The smallest absolute Gasteiger partial charge is 0.241 e. The van der Waals surface area contributed by atoms with Crippen LogP contribution in [0.1, 0.15) is 60.8 Å². The van der Waals surface area contributed by atoms with E-state index in [9.17, 15) is 14.7 Å². The Bertz CT molecular complexity index is 840. The molecular formula is C26H43ClN4O3. The van der Waals surface area contributed by atoms with Gasteiger partial charge >= 0.3 is 0 Å². The third-order valence-electron chi connectivity index (χ3n) is 6.42. The first kappa shape index (κ1) is 28.6. The number of nitrogens with zero attached hydrogens (tertiary/aromatic N) is 2. The predicted octanol–water partition coefficient (Wildman–Crippen LogP) is 3.42. The predicted molar refractivity (Wildman–Crippen MR) is 139 cm³/mol. The first-order valence-electron chi connectivity index (χ1n) is 12.3. The molecule has 0 unspecified atom stereocenters. The Hall–Kier alpha value is -1.67. The van der Waals surface area contributed by atoms with Crippen molar-refractivity contribution in [1.29, 1.82) is 0 Å². The zero-order chi connectivity index (χ0) is 25.7. The van der Waals surface area contributed by atoms with E-state index in [1.54, 1.807) is 11.0 Å². The van der Waals surface area contributed by atoms with Gasteiger partial charge in [-0.25, -0.2) is 0 Å². The van der Waals surface area contributed by atoms with Crippen molar-refractivity contribution in [3.8, 4) is 0 Å². The number of halogens is 1. The summed E-state index contributed by atoms with van der Waals surface area (Å²) in [5.41, 5.74) is 6.73. The summed E-state index contributed by atoms with van der Waals surface area (Å²) in [6.07, 6.45) is 1.00. The largest absolute Gasteiger partial charge is 0.391 e. The third kappa shape index (κ3) is 7.94. The average Bonchev–Trinajstić information content (AvgIpc) is 2.74. The quantitative estimate of drug-likeness (QED) is 0.463. The van der Waals surface area contributed by atoms with Crippen LogP contribution in [0, 0.1) is 11.3 Å². The van der Waals surface area contributed by atoms with Crippen LogP contribution >= 0.6 is 11.6 Å². The van der Waals surface area contributed by atoms with E-state index >= 15 is 0 Å². The molecule has 0 saturated carbocycles. The molecule has 3 atom stereocenters. The number of carbonyl (C=O) groups is 2. The van der Waals surface area contributed by atoms with Gasteiger partial charge in [-0.05, 0) is 44.2 Å². The highest BCUT2D eigenvalue weighted by Crippen LogP contribution is 2.31. The molecule has 7 nitrogen and oxygen atoms in total. The van der Waals surface area contributed by atoms with E-state index in [1.165, 1.54) is 0 Å². The first-order valence-corrected chi connectivity index (χ1v) is 12.6. The number of benzene rings is 1. The highest BCUT2D eigenvalue weighted by molar-refractivity contribution is 6.33. The number of aliphatic hydroxyl groups is 1. The number of para-hydroxylation sites is 1. The van der Waals surface area contributed by atoms with Crippen molar-refractivity contribution in [2.45, 2.75) is 78.5 Å². The molecule has 1 aliphatic rings. The lowest BCUT2D eigenvalue weighted by Gasteiger charge is -2.47.